The van der Waals surface area contributed by atoms with Crippen LogP contribution in [0.2, 0.25) is 0 Å². The smallest absolute Gasteiger partial charge is 0.341 e. The number of cyclic esters (lactones) is 1. The van der Waals surface area contributed by atoms with Gasteiger partial charge < -0.3 is 14.4 Å². The molecule has 1 atom stereocenters. The van der Waals surface area contributed by atoms with E-state index < -0.39 is 5.72 Å². The van der Waals surface area contributed by atoms with Crippen molar-refractivity contribution in [3.05, 3.63) is 119 Å². The van der Waals surface area contributed by atoms with Crippen LogP contribution in [0.15, 0.2) is 97.1 Å². The Morgan fingerprint density at radius 2 is 1.37 bits per heavy atom. The van der Waals surface area contributed by atoms with E-state index in [1.807, 2.05) is 85.8 Å². The fraction of sp³-hybridized carbons (Fsp3) is 0.242. The number of esters is 1. The van der Waals surface area contributed by atoms with Gasteiger partial charge >= 0.3 is 5.97 Å². The minimum Gasteiger partial charge on any atom is -0.494 e. The second-order valence-electron chi connectivity index (χ2n) is 9.35. The average Bonchev–Trinajstić information content (AvgIpc) is 3.24. The van der Waals surface area contributed by atoms with E-state index in [-0.39, 0.29) is 5.97 Å². The fourth-order valence-corrected chi connectivity index (χ4v) is 5.45. The van der Waals surface area contributed by atoms with Crippen LogP contribution in [-0.2, 0) is 10.5 Å². The highest BCUT2D eigenvalue weighted by Gasteiger charge is 2.53. The summed E-state index contributed by atoms with van der Waals surface area (Å²) in [4.78, 5) is 17.9. The number of carbonyl (C=O) groups is 1. The van der Waals surface area contributed by atoms with E-state index in [4.69, 9.17) is 9.47 Å². The Labute approximate surface area is 225 Å². The second kappa shape index (κ2) is 10.6. The van der Waals surface area contributed by atoms with Crippen LogP contribution in [0.4, 0.5) is 17.1 Å². The van der Waals surface area contributed by atoms with Gasteiger partial charge in [0, 0.05) is 41.3 Å². The Morgan fingerprint density at radius 3 is 2.03 bits per heavy atom. The molecule has 1 heterocycles. The van der Waals surface area contributed by atoms with Crippen LogP contribution < -0.4 is 14.5 Å². The molecule has 0 saturated carbocycles. The van der Waals surface area contributed by atoms with Gasteiger partial charge in [0.1, 0.15) is 5.75 Å². The van der Waals surface area contributed by atoms with Crippen molar-refractivity contribution in [1.29, 1.82) is 0 Å². The second-order valence-corrected chi connectivity index (χ2v) is 9.35. The first-order chi connectivity index (χ1) is 18.5. The molecule has 0 amide bonds. The third-order valence-electron chi connectivity index (χ3n) is 7.19. The van der Waals surface area contributed by atoms with Gasteiger partial charge in [-0.1, -0.05) is 42.5 Å². The molecule has 4 aromatic rings. The first-order valence-corrected chi connectivity index (χ1v) is 13.3. The normalized spacial score (nSPS) is 16.1. The van der Waals surface area contributed by atoms with Gasteiger partial charge in [-0.3, -0.25) is 4.90 Å². The van der Waals surface area contributed by atoms with Crippen LogP contribution in [0.25, 0.3) is 0 Å². The zero-order chi connectivity index (χ0) is 26.7. The van der Waals surface area contributed by atoms with E-state index >= 15 is 0 Å². The summed E-state index contributed by atoms with van der Waals surface area (Å²) in [5.74, 6) is 0.460. The summed E-state index contributed by atoms with van der Waals surface area (Å²) in [6.45, 7) is 10.8. The molecular formula is C33H34N2O3. The zero-order valence-corrected chi connectivity index (χ0v) is 22.5. The predicted octanol–water partition coefficient (Wildman–Crippen LogP) is 7.45. The zero-order valence-electron chi connectivity index (χ0n) is 22.5. The van der Waals surface area contributed by atoms with Crippen molar-refractivity contribution in [2.75, 3.05) is 29.5 Å². The number of para-hydroxylation sites is 1. The Hall–Kier alpha value is -4.25. The van der Waals surface area contributed by atoms with Crippen LogP contribution in [0.3, 0.4) is 0 Å². The van der Waals surface area contributed by atoms with Crippen LogP contribution >= 0.6 is 0 Å². The molecular weight excluding hydrogens is 472 g/mol. The molecule has 1 aliphatic heterocycles. The molecule has 38 heavy (non-hydrogen) atoms. The minimum absolute atomic E-state index is 0.334. The average molecular weight is 507 g/mol. The topological polar surface area (TPSA) is 42.0 Å². The molecule has 4 aromatic carbocycles. The van der Waals surface area contributed by atoms with Gasteiger partial charge in [-0.2, -0.15) is 0 Å². The Morgan fingerprint density at radius 1 is 0.737 bits per heavy atom. The largest absolute Gasteiger partial charge is 0.494 e. The number of nitrogens with zero attached hydrogens (tertiary/aromatic N) is 2. The molecule has 1 unspecified atom stereocenters. The van der Waals surface area contributed by atoms with Crippen LogP contribution in [0, 0.1) is 6.92 Å². The summed E-state index contributed by atoms with van der Waals surface area (Å²) in [5.41, 5.74) is 5.11. The molecule has 0 N–H and O–H groups in total. The lowest BCUT2D eigenvalue weighted by Crippen LogP contribution is -2.45. The summed E-state index contributed by atoms with van der Waals surface area (Å²) < 4.78 is 12.3. The van der Waals surface area contributed by atoms with Gasteiger partial charge in [0.25, 0.3) is 0 Å². The Bertz CT molecular complexity index is 1410. The number of aryl methyl sites for hydroxylation is 1. The van der Waals surface area contributed by atoms with Gasteiger partial charge in [-0.15, -0.1) is 0 Å². The maximum absolute atomic E-state index is 13.5. The molecule has 5 heteroatoms. The van der Waals surface area contributed by atoms with Crippen molar-refractivity contribution < 1.29 is 14.3 Å². The van der Waals surface area contributed by atoms with E-state index in [1.54, 1.807) is 0 Å². The van der Waals surface area contributed by atoms with Crippen molar-refractivity contribution in [1.82, 2.24) is 0 Å². The molecule has 1 aliphatic rings. The molecule has 0 aromatic heterocycles. The SMILES string of the molecule is CCOc1ccc(N(c2ccccc2)C2(c3ccc(N(CC)CC)cc3C)OC(=O)c3ccccc32)cc1. The highest BCUT2D eigenvalue weighted by Crippen LogP contribution is 2.51. The molecule has 0 aliphatic carbocycles. The number of rotatable bonds is 9. The van der Waals surface area contributed by atoms with E-state index in [0.29, 0.717) is 12.2 Å². The number of carbonyl (C=O) groups excluding carboxylic acids is 1. The van der Waals surface area contributed by atoms with E-state index in [9.17, 15) is 4.79 Å². The summed E-state index contributed by atoms with van der Waals surface area (Å²) in [6.07, 6.45) is 0. The van der Waals surface area contributed by atoms with Crippen LogP contribution in [-0.4, -0.2) is 25.7 Å². The lowest BCUT2D eigenvalue weighted by atomic mass is 9.87. The van der Waals surface area contributed by atoms with Gasteiger partial charge in [0.2, 0.25) is 5.72 Å². The predicted molar refractivity (Wildman–Crippen MR) is 154 cm³/mol. The van der Waals surface area contributed by atoms with Crippen LogP contribution in [0.1, 0.15) is 47.8 Å². The van der Waals surface area contributed by atoms with E-state index in [2.05, 4.69) is 48.8 Å². The van der Waals surface area contributed by atoms with Gasteiger partial charge in [-0.05, 0) is 87.9 Å². The standard InChI is InChI=1S/C33H34N2O3/c1-5-34(6-2)27-19-22-30(24(4)23-27)33(31-16-12-11-15-29(31)32(36)38-33)35(25-13-9-8-10-14-25)26-17-20-28(21-18-26)37-7-3/h8-23H,5-7H2,1-4H3. The number of fused-ring (bicyclic) bond motifs is 1. The number of hydrogen-bond acceptors (Lipinski definition) is 5. The maximum atomic E-state index is 13.5. The number of ether oxygens (including phenoxy) is 2. The number of hydrogen-bond donors (Lipinski definition) is 0. The molecule has 5 rings (SSSR count). The Balaban J connectivity index is 1.80. The molecule has 0 fully saturated rings. The maximum Gasteiger partial charge on any atom is 0.341 e. The quantitative estimate of drug-likeness (QED) is 0.221. The molecule has 0 saturated heterocycles. The van der Waals surface area contributed by atoms with Gasteiger partial charge in [0.15, 0.2) is 0 Å². The van der Waals surface area contributed by atoms with Crippen LogP contribution in [0.5, 0.6) is 5.75 Å². The van der Waals surface area contributed by atoms with Gasteiger partial charge in [0.05, 0.1) is 12.2 Å². The lowest BCUT2D eigenvalue weighted by Gasteiger charge is -2.43. The van der Waals surface area contributed by atoms with Crippen molar-refractivity contribution in [2.45, 2.75) is 33.4 Å². The number of benzene rings is 4. The molecule has 5 nitrogen and oxygen atoms in total. The first-order valence-electron chi connectivity index (χ1n) is 13.3. The summed E-state index contributed by atoms with van der Waals surface area (Å²) >= 11 is 0. The fourth-order valence-electron chi connectivity index (χ4n) is 5.45. The molecule has 194 valence electrons. The third kappa shape index (κ3) is 4.28. The van der Waals surface area contributed by atoms with Gasteiger partial charge in [-0.25, -0.2) is 4.79 Å². The van der Waals surface area contributed by atoms with E-state index in [1.165, 1.54) is 0 Å². The van der Waals surface area contributed by atoms with E-state index in [0.717, 1.165) is 52.6 Å². The molecule has 0 bridgehead atoms. The number of anilines is 3. The third-order valence-corrected chi connectivity index (χ3v) is 7.19. The highest BCUT2D eigenvalue weighted by molar-refractivity contribution is 5.97. The monoisotopic (exact) mass is 506 g/mol. The molecule has 0 spiro atoms. The van der Waals surface area contributed by atoms with Crippen molar-refractivity contribution in [3.63, 3.8) is 0 Å². The van der Waals surface area contributed by atoms with Crippen molar-refractivity contribution >= 4 is 23.0 Å². The lowest BCUT2D eigenvalue weighted by molar-refractivity contribution is 0.0132. The Kier molecular flexibility index (Phi) is 7.10. The highest BCUT2D eigenvalue weighted by atomic mass is 16.6. The summed E-state index contributed by atoms with van der Waals surface area (Å²) in [5, 5.41) is 0. The van der Waals surface area contributed by atoms with Crippen molar-refractivity contribution in [3.8, 4) is 5.75 Å². The minimum atomic E-state index is -1.20. The molecule has 0 radical (unpaired) electrons. The van der Waals surface area contributed by atoms with Crippen molar-refractivity contribution in [2.24, 2.45) is 0 Å². The first kappa shape index (κ1) is 25.4. The summed E-state index contributed by atoms with van der Waals surface area (Å²) in [6, 6.07) is 32.2. The summed E-state index contributed by atoms with van der Waals surface area (Å²) in [7, 11) is 0.